The van der Waals surface area contributed by atoms with E-state index < -0.39 is 10.0 Å². The van der Waals surface area contributed by atoms with Gasteiger partial charge in [0.05, 0.1) is 6.26 Å². The summed E-state index contributed by atoms with van der Waals surface area (Å²) in [6, 6.07) is 5.95. The second-order valence-electron chi connectivity index (χ2n) is 5.04. The maximum absolute atomic E-state index is 11.2. The Kier molecular flexibility index (Phi) is 4.38. The molecular formula is C13H19ClN2O2S. The number of nitrogens with one attached hydrogen (secondary N) is 1. The fraction of sp³-hybridized carbons (Fsp3) is 0.538. The molecule has 0 saturated carbocycles. The molecule has 1 aromatic rings. The number of nitrogens with zero attached hydrogens (tertiary/aromatic N) is 1. The second kappa shape index (κ2) is 5.69. The van der Waals surface area contributed by atoms with Crippen LogP contribution >= 0.6 is 11.6 Å². The molecule has 1 aliphatic rings. The molecule has 0 amide bonds. The van der Waals surface area contributed by atoms with Crippen molar-refractivity contribution in [1.82, 2.24) is 4.72 Å². The SMILES string of the molecule is Cc1c(Cl)cccc1N1CCC(NS(C)(=O)=O)CC1. The average molecular weight is 303 g/mol. The van der Waals surface area contributed by atoms with E-state index in [9.17, 15) is 8.42 Å². The lowest BCUT2D eigenvalue weighted by molar-refractivity contribution is 0.461. The van der Waals surface area contributed by atoms with E-state index in [-0.39, 0.29) is 6.04 Å². The number of hydrogen-bond acceptors (Lipinski definition) is 3. The van der Waals surface area contributed by atoms with Crippen LogP contribution in [-0.2, 0) is 10.0 Å². The zero-order chi connectivity index (χ0) is 14.0. The van der Waals surface area contributed by atoms with Crippen molar-refractivity contribution in [2.45, 2.75) is 25.8 Å². The van der Waals surface area contributed by atoms with Crippen LogP contribution in [0.4, 0.5) is 5.69 Å². The molecule has 0 aliphatic carbocycles. The van der Waals surface area contributed by atoms with E-state index in [4.69, 9.17) is 11.6 Å². The van der Waals surface area contributed by atoms with Crippen LogP contribution in [0.25, 0.3) is 0 Å². The van der Waals surface area contributed by atoms with E-state index in [1.54, 1.807) is 0 Å². The summed E-state index contributed by atoms with van der Waals surface area (Å²) in [6.45, 7) is 3.70. The summed E-state index contributed by atoms with van der Waals surface area (Å²) in [5.74, 6) is 0. The van der Waals surface area contributed by atoms with Crippen molar-refractivity contribution in [3.8, 4) is 0 Å². The first-order valence-electron chi connectivity index (χ1n) is 6.34. The Morgan fingerprint density at radius 1 is 1.32 bits per heavy atom. The Morgan fingerprint density at radius 2 is 1.95 bits per heavy atom. The lowest BCUT2D eigenvalue weighted by atomic mass is 10.0. The van der Waals surface area contributed by atoms with Crippen molar-refractivity contribution in [3.05, 3.63) is 28.8 Å². The largest absolute Gasteiger partial charge is 0.371 e. The summed E-state index contributed by atoms with van der Waals surface area (Å²) in [7, 11) is -3.11. The van der Waals surface area contributed by atoms with Crippen LogP contribution < -0.4 is 9.62 Å². The first kappa shape index (κ1) is 14.6. The predicted molar refractivity (Wildman–Crippen MR) is 79.4 cm³/mol. The van der Waals surface area contributed by atoms with Gasteiger partial charge in [-0.25, -0.2) is 13.1 Å². The molecule has 1 saturated heterocycles. The fourth-order valence-electron chi connectivity index (χ4n) is 2.48. The predicted octanol–water partition coefficient (Wildman–Crippen LogP) is 2.17. The van der Waals surface area contributed by atoms with Crippen molar-refractivity contribution < 1.29 is 8.42 Å². The molecule has 0 spiro atoms. The van der Waals surface area contributed by atoms with E-state index in [1.807, 2.05) is 19.1 Å². The van der Waals surface area contributed by atoms with Crippen LogP contribution in [0.2, 0.25) is 5.02 Å². The van der Waals surface area contributed by atoms with Crippen LogP contribution in [0.15, 0.2) is 18.2 Å². The maximum Gasteiger partial charge on any atom is 0.208 e. The van der Waals surface area contributed by atoms with Crippen LogP contribution in [0, 0.1) is 6.92 Å². The number of hydrogen-bond donors (Lipinski definition) is 1. The number of sulfonamides is 1. The van der Waals surface area contributed by atoms with Crippen molar-refractivity contribution in [1.29, 1.82) is 0 Å². The lowest BCUT2D eigenvalue weighted by Crippen LogP contribution is -2.44. The minimum absolute atomic E-state index is 0.0470. The van der Waals surface area contributed by atoms with E-state index in [1.165, 1.54) is 6.26 Å². The minimum atomic E-state index is -3.11. The molecular weight excluding hydrogens is 284 g/mol. The number of anilines is 1. The minimum Gasteiger partial charge on any atom is -0.371 e. The topological polar surface area (TPSA) is 49.4 Å². The zero-order valence-electron chi connectivity index (χ0n) is 11.2. The van der Waals surface area contributed by atoms with Crippen LogP contribution in [0.3, 0.4) is 0 Å². The van der Waals surface area contributed by atoms with Gasteiger partial charge in [-0.05, 0) is 37.5 Å². The highest BCUT2D eigenvalue weighted by atomic mass is 35.5. The normalized spacial score (nSPS) is 17.7. The van der Waals surface area contributed by atoms with Gasteiger partial charge >= 0.3 is 0 Å². The van der Waals surface area contributed by atoms with E-state index in [0.29, 0.717) is 0 Å². The zero-order valence-corrected chi connectivity index (χ0v) is 12.8. The summed E-state index contributed by atoms with van der Waals surface area (Å²) >= 11 is 6.13. The van der Waals surface area contributed by atoms with Crippen molar-refractivity contribution in [2.24, 2.45) is 0 Å². The number of piperidine rings is 1. The lowest BCUT2D eigenvalue weighted by Gasteiger charge is -2.34. The third-order valence-electron chi connectivity index (χ3n) is 3.46. The third-order valence-corrected chi connectivity index (χ3v) is 4.63. The Hall–Kier alpha value is -0.780. The van der Waals surface area contributed by atoms with Crippen LogP contribution in [0.1, 0.15) is 18.4 Å². The molecule has 4 nitrogen and oxygen atoms in total. The molecule has 0 radical (unpaired) electrons. The molecule has 0 aromatic heterocycles. The fourth-order valence-corrected chi connectivity index (χ4v) is 3.49. The van der Waals surface area contributed by atoms with Gasteiger partial charge in [0.2, 0.25) is 10.0 Å². The average Bonchev–Trinajstić information content (AvgIpc) is 2.32. The monoisotopic (exact) mass is 302 g/mol. The van der Waals surface area contributed by atoms with Gasteiger partial charge in [0.25, 0.3) is 0 Å². The molecule has 1 fully saturated rings. The number of benzene rings is 1. The molecule has 0 atom stereocenters. The van der Waals surface area contributed by atoms with E-state index in [0.717, 1.165) is 42.2 Å². The van der Waals surface area contributed by atoms with Crippen LogP contribution in [-0.4, -0.2) is 33.8 Å². The molecule has 1 N–H and O–H groups in total. The first-order valence-corrected chi connectivity index (χ1v) is 8.61. The summed E-state index contributed by atoms with van der Waals surface area (Å²) in [6.07, 6.45) is 2.85. The molecule has 0 bridgehead atoms. The van der Waals surface area contributed by atoms with Gasteiger partial charge in [0.1, 0.15) is 0 Å². The summed E-state index contributed by atoms with van der Waals surface area (Å²) in [5, 5.41) is 0.772. The van der Waals surface area contributed by atoms with E-state index in [2.05, 4.69) is 15.7 Å². The van der Waals surface area contributed by atoms with Crippen molar-refractivity contribution >= 4 is 27.3 Å². The highest BCUT2D eigenvalue weighted by molar-refractivity contribution is 7.88. The summed E-state index contributed by atoms with van der Waals surface area (Å²) < 4.78 is 25.1. The van der Waals surface area contributed by atoms with Gasteiger partial charge in [-0.3, -0.25) is 0 Å². The maximum atomic E-state index is 11.2. The van der Waals surface area contributed by atoms with Gasteiger partial charge in [-0.2, -0.15) is 0 Å². The standard InChI is InChI=1S/C13H19ClN2O2S/c1-10-12(14)4-3-5-13(10)16-8-6-11(7-9-16)15-19(2,17)18/h3-5,11,15H,6-9H2,1-2H3. The van der Waals surface area contributed by atoms with Crippen LogP contribution in [0.5, 0.6) is 0 Å². The second-order valence-corrected chi connectivity index (χ2v) is 7.22. The molecule has 6 heteroatoms. The molecule has 1 heterocycles. The first-order chi connectivity index (χ1) is 8.87. The third kappa shape index (κ3) is 3.84. The Bertz CT molecular complexity index is 552. The molecule has 0 unspecified atom stereocenters. The van der Waals surface area contributed by atoms with Crippen molar-refractivity contribution in [3.63, 3.8) is 0 Å². The van der Waals surface area contributed by atoms with Gasteiger partial charge in [-0.1, -0.05) is 17.7 Å². The Labute approximate surface area is 119 Å². The summed E-state index contributed by atoms with van der Waals surface area (Å²) in [5.41, 5.74) is 2.23. The quantitative estimate of drug-likeness (QED) is 0.931. The van der Waals surface area contributed by atoms with E-state index >= 15 is 0 Å². The van der Waals surface area contributed by atoms with Gasteiger partial charge in [-0.15, -0.1) is 0 Å². The highest BCUT2D eigenvalue weighted by Crippen LogP contribution is 2.28. The number of rotatable bonds is 3. The number of halogens is 1. The molecule has 1 aromatic carbocycles. The highest BCUT2D eigenvalue weighted by Gasteiger charge is 2.22. The molecule has 19 heavy (non-hydrogen) atoms. The molecule has 1 aliphatic heterocycles. The van der Waals surface area contributed by atoms with Crippen molar-refractivity contribution in [2.75, 3.05) is 24.2 Å². The summed E-state index contributed by atoms with van der Waals surface area (Å²) in [4.78, 5) is 2.27. The molecule has 106 valence electrons. The Morgan fingerprint density at radius 3 is 2.53 bits per heavy atom. The molecule has 2 rings (SSSR count). The van der Waals surface area contributed by atoms with Gasteiger partial charge < -0.3 is 4.90 Å². The smallest absolute Gasteiger partial charge is 0.208 e. The van der Waals surface area contributed by atoms with Gasteiger partial charge in [0, 0.05) is 29.8 Å². The Balaban J connectivity index is 2.02. The van der Waals surface area contributed by atoms with Gasteiger partial charge in [0.15, 0.2) is 0 Å².